The highest BCUT2D eigenvalue weighted by Gasteiger charge is 2.35. The van der Waals surface area contributed by atoms with Gasteiger partial charge in [0.15, 0.2) is 5.13 Å². The van der Waals surface area contributed by atoms with E-state index in [2.05, 4.69) is 10.3 Å². The molecule has 0 atom stereocenters. The molecule has 1 aliphatic rings. The van der Waals surface area contributed by atoms with Crippen molar-refractivity contribution < 1.29 is 19.1 Å². The molecule has 0 unspecified atom stereocenters. The number of rotatable bonds is 7. The van der Waals surface area contributed by atoms with Crippen molar-refractivity contribution in [1.82, 2.24) is 9.88 Å². The number of nitrogens with one attached hydrogen (secondary N) is 1. The average molecular weight is 423 g/mol. The Hall–Kier alpha value is -3.26. The quantitative estimate of drug-likeness (QED) is 0.571. The molecule has 0 saturated carbocycles. The molecule has 0 spiro atoms. The molecular formula is C22H21N3O4S. The predicted octanol–water partition coefficient (Wildman–Crippen LogP) is 4.34. The summed E-state index contributed by atoms with van der Waals surface area (Å²) in [5.74, 6) is -0.275. The summed E-state index contributed by atoms with van der Waals surface area (Å²) in [6, 6.07) is 10.2. The van der Waals surface area contributed by atoms with Crippen molar-refractivity contribution in [2.45, 2.75) is 26.7 Å². The first kappa shape index (κ1) is 20.0. The summed E-state index contributed by atoms with van der Waals surface area (Å²) < 4.78 is 6.40. The SMILES string of the molecule is CCCCN1C(=O)c2ccc(C(=O)Nc3nc4ccc(OCC)cc4s3)cc2C1=O. The molecule has 30 heavy (non-hydrogen) atoms. The third-order valence-corrected chi connectivity index (χ3v) is 5.79. The predicted molar refractivity (Wildman–Crippen MR) is 115 cm³/mol. The molecule has 0 bridgehead atoms. The van der Waals surface area contributed by atoms with Gasteiger partial charge in [-0.05, 0) is 49.7 Å². The molecule has 3 amide bonds. The van der Waals surface area contributed by atoms with Gasteiger partial charge in [0.25, 0.3) is 17.7 Å². The Balaban J connectivity index is 1.54. The lowest BCUT2D eigenvalue weighted by Crippen LogP contribution is -2.30. The van der Waals surface area contributed by atoms with Crippen LogP contribution in [0.3, 0.4) is 0 Å². The molecular weight excluding hydrogens is 402 g/mol. The maximum absolute atomic E-state index is 12.7. The molecule has 0 fully saturated rings. The van der Waals surface area contributed by atoms with Gasteiger partial charge in [0.1, 0.15) is 5.75 Å². The summed E-state index contributed by atoms with van der Waals surface area (Å²) in [6.45, 7) is 4.88. The van der Waals surface area contributed by atoms with E-state index in [0.717, 1.165) is 28.8 Å². The van der Waals surface area contributed by atoms with E-state index in [1.54, 1.807) is 12.1 Å². The second-order valence-corrected chi connectivity index (χ2v) is 7.94. The fourth-order valence-electron chi connectivity index (χ4n) is 3.34. The molecule has 1 aromatic heterocycles. The van der Waals surface area contributed by atoms with Gasteiger partial charge in [0.05, 0.1) is 28.0 Å². The largest absolute Gasteiger partial charge is 0.494 e. The summed E-state index contributed by atoms with van der Waals surface area (Å²) in [4.78, 5) is 43.4. The smallest absolute Gasteiger partial charge is 0.261 e. The summed E-state index contributed by atoms with van der Waals surface area (Å²) in [7, 11) is 0. The maximum Gasteiger partial charge on any atom is 0.261 e. The minimum atomic E-state index is -0.380. The van der Waals surface area contributed by atoms with E-state index in [9.17, 15) is 14.4 Å². The Bertz CT molecular complexity index is 1150. The maximum atomic E-state index is 12.7. The number of benzene rings is 2. The summed E-state index contributed by atoms with van der Waals surface area (Å²) in [5, 5.41) is 3.23. The number of amides is 3. The van der Waals surface area contributed by atoms with Crippen LogP contribution in [-0.4, -0.2) is 40.8 Å². The number of fused-ring (bicyclic) bond motifs is 2. The molecule has 2 heterocycles. The van der Waals surface area contributed by atoms with E-state index in [1.165, 1.54) is 22.3 Å². The third kappa shape index (κ3) is 3.66. The molecule has 0 saturated heterocycles. The molecule has 154 valence electrons. The van der Waals surface area contributed by atoms with E-state index in [-0.39, 0.29) is 23.3 Å². The van der Waals surface area contributed by atoms with Gasteiger partial charge in [0, 0.05) is 12.1 Å². The molecule has 4 rings (SSSR count). The van der Waals surface area contributed by atoms with Crippen LogP contribution >= 0.6 is 11.3 Å². The molecule has 2 aromatic carbocycles. The van der Waals surface area contributed by atoms with E-state index in [0.29, 0.717) is 29.4 Å². The van der Waals surface area contributed by atoms with Gasteiger partial charge < -0.3 is 4.74 Å². The number of aromatic nitrogens is 1. The number of ether oxygens (including phenoxy) is 1. The molecule has 1 aliphatic heterocycles. The van der Waals surface area contributed by atoms with Gasteiger partial charge in [-0.2, -0.15) is 0 Å². The highest BCUT2D eigenvalue weighted by atomic mass is 32.1. The van der Waals surface area contributed by atoms with E-state index in [1.807, 2.05) is 32.0 Å². The lowest BCUT2D eigenvalue weighted by atomic mass is 10.1. The lowest BCUT2D eigenvalue weighted by Gasteiger charge is -2.12. The Kier molecular flexibility index (Phi) is 5.50. The van der Waals surface area contributed by atoms with E-state index in [4.69, 9.17) is 4.74 Å². The number of imide groups is 1. The Labute approximate surface area is 177 Å². The molecule has 3 aromatic rings. The highest BCUT2D eigenvalue weighted by Crippen LogP contribution is 2.30. The topological polar surface area (TPSA) is 88.6 Å². The van der Waals surface area contributed by atoms with Crippen LogP contribution in [0.15, 0.2) is 36.4 Å². The summed E-state index contributed by atoms with van der Waals surface area (Å²) >= 11 is 1.34. The van der Waals surface area contributed by atoms with Crippen molar-refractivity contribution in [3.8, 4) is 5.75 Å². The zero-order chi connectivity index (χ0) is 21.3. The fourth-order valence-corrected chi connectivity index (χ4v) is 4.22. The minimum Gasteiger partial charge on any atom is -0.494 e. The number of hydrogen-bond acceptors (Lipinski definition) is 6. The number of nitrogens with zero attached hydrogens (tertiary/aromatic N) is 2. The van der Waals surface area contributed by atoms with Gasteiger partial charge in [-0.25, -0.2) is 4.98 Å². The van der Waals surface area contributed by atoms with Crippen molar-refractivity contribution in [2.24, 2.45) is 0 Å². The standard InChI is InChI=1S/C22H21N3O4S/c1-3-5-10-25-20(27)15-8-6-13(11-16(15)21(25)28)19(26)24-22-23-17-9-7-14(29-4-2)12-18(17)30-22/h6-9,11-12H,3-5,10H2,1-2H3,(H,23,24,26). The normalized spacial score (nSPS) is 13.1. The van der Waals surface area contributed by atoms with Crippen LogP contribution in [-0.2, 0) is 0 Å². The third-order valence-electron chi connectivity index (χ3n) is 4.86. The number of hydrogen-bond donors (Lipinski definition) is 1. The molecule has 0 aliphatic carbocycles. The summed E-state index contributed by atoms with van der Waals surface area (Å²) in [6.07, 6.45) is 1.64. The number of carbonyl (C=O) groups excluding carboxylic acids is 3. The molecule has 0 radical (unpaired) electrons. The molecule has 1 N–H and O–H groups in total. The lowest BCUT2D eigenvalue weighted by molar-refractivity contribution is 0.0652. The van der Waals surface area contributed by atoms with Crippen molar-refractivity contribution in [2.75, 3.05) is 18.5 Å². The molecule has 7 nitrogen and oxygen atoms in total. The second-order valence-electron chi connectivity index (χ2n) is 6.91. The van der Waals surface area contributed by atoms with Crippen molar-refractivity contribution in [3.63, 3.8) is 0 Å². The van der Waals surface area contributed by atoms with Gasteiger partial charge in [-0.1, -0.05) is 24.7 Å². The average Bonchev–Trinajstić information content (AvgIpc) is 3.24. The Morgan fingerprint density at radius 2 is 1.90 bits per heavy atom. The van der Waals surface area contributed by atoms with Crippen molar-refractivity contribution >= 4 is 44.4 Å². The number of unbranched alkanes of at least 4 members (excludes halogenated alkanes) is 1. The van der Waals surface area contributed by atoms with Gasteiger partial charge >= 0.3 is 0 Å². The Morgan fingerprint density at radius 1 is 1.10 bits per heavy atom. The molecule has 8 heteroatoms. The van der Waals surface area contributed by atoms with Crippen LogP contribution in [0.4, 0.5) is 5.13 Å². The van der Waals surface area contributed by atoms with E-state index >= 15 is 0 Å². The summed E-state index contributed by atoms with van der Waals surface area (Å²) in [5.41, 5.74) is 1.69. The first-order valence-electron chi connectivity index (χ1n) is 9.86. The van der Waals surface area contributed by atoms with Crippen molar-refractivity contribution in [3.05, 3.63) is 53.1 Å². The monoisotopic (exact) mass is 423 g/mol. The first-order valence-corrected chi connectivity index (χ1v) is 10.7. The fraction of sp³-hybridized carbons (Fsp3) is 0.273. The zero-order valence-corrected chi connectivity index (χ0v) is 17.5. The first-order chi connectivity index (χ1) is 14.5. The van der Waals surface area contributed by atoms with Gasteiger partial charge in [0.2, 0.25) is 0 Å². The van der Waals surface area contributed by atoms with E-state index < -0.39 is 0 Å². The number of carbonyl (C=O) groups is 3. The zero-order valence-electron chi connectivity index (χ0n) is 16.7. The van der Waals surface area contributed by atoms with Crippen molar-refractivity contribution in [1.29, 1.82) is 0 Å². The Morgan fingerprint density at radius 3 is 2.67 bits per heavy atom. The van der Waals surface area contributed by atoms with Crippen LogP contribution in [0.2, 0.25) is 0 Å². The van der Waals surface area contributed by atoms with Crippen LogP contribution < -0.4 is 10.1 Å². The van der Waals surface area contributed by atoms with Gasteiger partial charge in [-0.3, -0.25) is 24.6 Å². The van der Waals surface area contributed by atoms with Crippen LogP contribution in [0, 0.1) is 0 Å². The van der Waals surface area contributed by atoms with Crippen LogP contribution in [0.5, 0.6) is 5.75 Å². The van der Waals surface area contributed by atoms with Gasteiger partial charge in [-0.15, -0.1) is 0 Å². The van der Waals surface area contributed by atoms with Crippen LogP contribution in [0.25, 0.3) is 10.2 Å². The second kappa shape index (κ2) is 8.23. The minimum absolute atomic E-state index is 0.273. The number of anilines is 1. The van der Waals surface area contributed by atoms with Crippen LogP contribution in [0.1, 0.15) is 57.8 Å². The number of thiazole rings is 1. The highest BCUT2D eigenvalue weighted by molar-refractivity contribution is 7.22.